The van der Waals surface area contributed by atoms with Gasteiger partial charge in [0.15, 0.2) is 17.5 Å². The van der Waals surface area contributed by atoms with Gasteiger partial charge in [-0.1, -0.05) is 141 Å². The summed E-state index contributed by atoms with van der Waals surface area (Å²) in [5.41, 5.74) is 12.7. The number of para-hydroxylation sites is 1. The van der Waals surface area contributed by atoms with E-state index in [0.29, 0.717) is 17.5 Å². The first-order valence-electron chi connectivity index (χ1n) is 18.1. The van der Waals surface area contributed by atoms with Crippen molar-refractivity contribution in [2.45, 2.75) is 32.1 Å². The number of rotatable bonds is 5. The molecule has 0 atom stereocenters. The maximum atomic E-state index is 5.12. The molecule has 0 unspecified atom stereocenters. The number of fused-ring (bicyclic) bond motifs is 6. The van der Waals surface area contributed by atoms with Crippen molar-refractivity contribution < 1.29 is 0 Å². The first kappa shape index (κ1) is 30.4. The van der Waals surface area contributed by atoms with Crippen LogP contribution in [0.15, 0.2) is 146 Å². The monoisotopic (exact) mass is 668 g/mol. The molecular formula is C48H36N4. The normalized spacial score (nSPS) is 13.9. The van der Waals surface area contributed by atoms with E-state index in [0.717, 1.165) is 29.5 Å². The summed E-state index contributed by atoms with van der Waals surface area (Å²) in [4.78, 5) is 15.2. The van der Waals surface area contributed by atoms with Crippen LogP contribution in [-0.2, 0) is 5.41 Å². The van der Waals surface area contributed by atoms with Gasteiger partial charge in [-0.05, 0) is 76.6 Å². The van der Waals surface area contributed by atoms with Crippen molar-refractivity contribution in [2.75, 3.05) is 0 Å². The maximum Gasteiger partial charge on any atom is 0.164 e. The fourth-order valence-electron chi connectivity index (χ4n) is 8.32. The minimum Gasteiger partial charge on any atom is -0.310 e. The first-order valence-corrected chi connectivity index (χ1v) is 18.1. The van der Waals surface area contributed by atoms with Crippen LogP contribution in [0.25, 0.3) is 85.2 Å². The van der Waals surface area contributed by atoms with E-state index < -0.39 is 0 Å². The van der Waals surface area contributed by atoms with Crippen LogP contribution in [0.5, 0.6) is 0 Å². The molecule has 4 heteroatoms. The Morgan fingerprint density at radius 1 is 0.500 bits per heavy atom. The smallest absolute Gasteiger partial charge is 0.164 e. The lowest BCUT2D eigenvalue weighted by Crippen LogP contribution is -2.30. The summed E-state index contributed by atoms with van der Waals surface area (Å²) in [6.07, 6.45) is 6.95. The van der Waals surface area contributed by atoms with Crippen LogP contribution in [0.4, 0.5) is 0 Å². The molecule has 2 heterocycles. The summed E-state index contributed by atoms with van der Waals surface area (Å²) < 4.78 is 2.42. The Hall–Kier alpha value is -6.39. The van der Waals surface area contributed by atoms with Crippen molar-refractivity contribution in [3.05, 3.63) is 167 Å². The van der Waals surface area contributed by atoms with Crippen LogP contribution in [-0.4, -0.2) is 19.5 Å². The van der Waals surface area contributed by atoms with Crippen molar-refractivity contribution in [1.82, 2.24) is 19.5 Å². The molecule has 0 fully saturated rings. The second-order valence-electron chi connectivity index (χ2n) is 14.3. The summed E-state index contributed by atoms with van der Waals surface area (Å²) in [5.74, 6) is 2.02. The number of nitrogens with zero attached hydrogens (tertiary/aromatic N) is 4. The summed E-state index contributed by atoms with van der Waals surface area (Å²) >= 11 is 0. The van der Waals surface area contributed by atoms with E-state index >= 15 is 0 Å². The van der Waals surface area contributed by atoms with Gasteiger partial charge in [-0.2, -0.15) is 0 Å². The molecule has 0 saturated carbocycles. The lowest BCUT2D eigenvalue weighted by molar-refractivity contribution is 0.660. The number of benzene rings is 6. The second-order valence-corrected chi connectivity index (χ2v) is 14.3. The highest BCUT2D eigenvalue weighted by Gasteiger charge is 2.37. The van der Waals surface area contributed by atoms with Gasteiger partial charge in [0.1, 0.15) is 0 Å². The predicted octanol–water partition coefficient (Wildman–Crippen LogP) is 10.1. The van der Waals surface area contributed by atoms with Gasteiger partial charge in [-0.15, -0.1) is 0 Å². The Morgan fingerprint density at radius 3 is 1.83 bits per heavy atom. The molecule has 2 aromatic heterocycles. The Bertz CT molecular complexity index is 2740. The highest BCUT2D eigenvalue weighted by atomic mass is 15.0. The molecule has 0 saturated heterocycles. The molecule has 52 heavy (non-hydrogen) atoms. The van der Waals surface area contributed by atoms with Gasteiger partial charge in [0.05, 0.1) is 5.52 Å². The van der Waals surface area contributed by atoms with Crippen molar-refractivity contribution in [2.24, 2.45) is 0 Å². The van der Waals surface area contributed by atoms with Gasteiger partial charge in [0.2, 0.25) is 0 Å². The highest BCUT2D eigenvalue weighted by molar-refractivity contribution is 5.94. The second kappa shape index (κ2) is 11.9. The molecule has 2 aliphatic rings. The lowest BCUT2D eigenvalue weighted by Gasteiger charge is -2.22. The molecule has 0 bridgehead atoms. The Morgan fingerprint density at radius 2 is 1.12 bits per heavy atom. The minimum absolute atomic E-state index is 0.211. The third-order valence-corrected chi connectivity index (χ3v) is 10.9. The van der Waals surface area contributed by atoms with Crippen LogP contribution in [0.3, 0.4) is 0 Å². The summed E-state index contributed by atoms with van der Waals surface area (Å²) in [7, 11) is 0. The van der Waals surface area contributed by atoms with Gasteiger partial charge in [0, 0.05) is 43.7 Å². The van der Waals surface area contributed by atoms with Crippen LogP contribution >= 0.6 is 0 Å². The van der Waals surface area contributed by atoms with Crippen molar-refractivity contribution in [3.8, 4) is 62.1 Å². The third kappa shape index (κ3) is 4.79. The summed E-state index contributed by atoms with van der Waals surface area (Å²) in [6.45, 7) is 4.68. The standard InChI is InChI=1S/C48H36N4/c1-48(2)40-23-14-22-38(47-50-45(31-15-6-3-7-16-31)49-46(51-47)32-17-8-4-9-18-32)44(40)37-27-25-34(30-41(37)48)33-26-28-43-39(29-33)36-21-12-13-24-42(36)52(43)35-19-10-5-11-20-35/h3-11,14-30H,12-13H2,1-2H3. The van der Waals surface area contributed by atoms with Gasteiger partial charge in [0.25, 0.3) is 0 Å². The Kier molecular flexibility index (Phi) is 6.94. The number of hydrogen-bond acceptors (Lipinski definition) is 3. The first-order chi connectivity index (χ1) is 25.5. The van der Waals surface area contributed by atoms with Gasteiger partial charge in [-0.3, -0.25) is 0 Å². The molecule has 10 rings (SSSR count). The van der Waals surface area contributed by atoms with E-state index in [4.69, 9.17) is 15.0 Å². The van der Waals surface area contributed by atoms with Crippen molar-refractivity contribution in [1.29, 1.82) is 0 Å². The average molecular weight is 669 g/mol. The SMILES string of the molecule is CC1(C)c2cc(-c3ccc4c(c3)c3c(n4-c4ccccc4)=CCCC=3)ccc2-c2c(-c3nc(-c4ccccc4)nc(-c4ccccc4)n3)cccc21. The van der Waals surface area contributed by atoms with Gasteiger partial charge < -0.3 is 4.57 Å². The largest absolute Gasteiger partial charge is 0.310 e. The summed E-state index contributed by atoms with van der Waals surface area (Å²) in [5, 5.41) is 3.94. The molecular weight excluding hydrogens is 633 g/mol. The molecule has 8 aromatic rings. The Balaban J connectivity index is 1.12. The average Bonchev–Trinajstić information content (AvgIpc) is 3.66. The van der Waals surface area contributed by atoms with E-state index in [1.807, 2.05) is 36.4 Å². The van der Waals surface area contributed by atoms with Gasteiger partial charge >= 0.3 is 0 Å². The lowest BCUT2D eigenvalue weighted by atomic mass is 9.81. The minimum atomic E-state index is -0.211. The van der Waals surface area contributed by atoms with E-state index in [9.17, 15) is 0 Å². The molecule has 0 radical (unpaired) electrons. The maximum absolute atomic E-state index is 5.12. The topological polar surface area (TPSA) is 43.6 Å². The summed E-state index contributed by atoms with van der Waals surface area (Å²) in [6, 6.07) is 51.7. The third-order valence-electron chi connectivity index (χ3n) is 10.9. The molecule has 4 nitrogen and oxygen atoms in total. The van der Waals surface area contributed by atoms with Crippen molar-refractivity contribution in [3.63, 3.8) is 0 Å². The van der Waals surface area contributed by atoms with E-state index in [-0.39, 0.29) is 5.41 Å². The molecule has 0 aliphatic heterocycles. The highest BCUT2D eigenvalue weighted by Crippen LogP contribution is 2.52. The van der Waals surface area contributed by atoms with E-state index in [2.05, 4.69) is 140 Å². The molecule has 248 valence electrons. The van der Waals surface area contributed by atoms with Crippen LogP contribution < -0.4 is 10.6 Å². The van der Waals surface area contributed by atoms with Crippen LogP contribution in [0.2, 0.25) is 0 Å². The zero-order valence-electron chi connectivity index (χ0n) is 29.2. The molecule has 0 N–H and O–H groups in total. The fourth-order valence-corrected chi connectivity index (χ4v) is 8.32. The van der Waals surface area contributed by atoms with E-state index in [1.165, 1.54) is 60.5 Å². The van der Waals surface area contributed by atoms with Crippen LogP contribution in [0, 0.1) is 0 Å². The predicted molar refractivity (Wildman–Crippen MR) is 213 cm³/mol. The quantitative estimate of drug-likeness (QED) is 0.183. The fraction of sp³-hybridized carbons (Fsp3) is 0.104. The van der Waals surface area contributed by atoms with Gasteiger partial charge in [-0.25, -0.2) is 15.0 Å². The number of aromatic nitrogens is 4. The number of hydrogen-bond donors (Lipinski definition) is 0. The van der Waals surface area contributed by atoms with Crippen molar-refractivity contribution >= 4 is 23.1 Å². The van der Waals surface area contributed by atoms with Crippen LogP contribution in [0.1, 0.15) is 37.8 Å². The Labute approximate surface area is 303 Å². The molecule has 6 aromatic carbocycles. The zero-order chi connectivity index (χ0) is 34.8. The molecule has 0 spiro atoms. The van der Waals surface area contributed by atoms with E-state index in [1.54, 1.807) is 0 Å². The molecule has 2 aliphatic carbocycles. The zero-order valence-corrected chi connectivity index (χ0v) is 29.2. The molecule has 0 amide bonds.